The minimum absolute atomic E-state index is 0.718. The van der Waals surface area contributed by atoms with Crippen molar-refractivity contribution in [2.45, 2.75) is 4.90 Å². The van der Waals surface area contributed by atoms with E-state index in [1.54, 1.807) is 11.3 Å². The van der Waals surface area contributed by atoms with Gasteiger partial charge in [0.1, 0.15) is 10.5 Å². The van der Waals surface area contributed by atoms with Crippen molar-refractivity contribution >= 4 is 40.4 Å². The van der Waals surface area contributed by atoms with Crippen LogP contribution in [-0.4, -0.2) is 9.61 Å². The summed E-state index contributed by atoms with van der Waals surface area (Å²) in [5.41, 5.74) is 4.12. The van der Waals surface area contributed by atoms with E-state index in [9.17, 15) is 0 Å². The van der Waals surface area contributed by atoms with Gasteiger partial charge in [-0.2, -0.15) is 5.10 Å². The van der Waals surface area contributed by atoms with Crippen LogP contribution in [0.2, 0.25) is 5.02 Å². The molecule has 0 radical (unpaired) electrons. The van der Waals surface area contributed by atoms with Gasteiger partial charge in [0.05, 0.1) is 10.6 Å². The highest BCUT2D eigenvalue weighted by molar-refractivity contribution is 7.81. The fraction of sp³-hybridized carbons (Fsp3) is 0. The third-order valence-corrected chi connectivity index (χ3v) is 5.29. The molecule has 4 rings (SSSR count). The number of benzene rings is 2. The molecule has 0 N–H and O–H groups in total. The number of hydrogen-bond acceptors (Lipinski definition) is 3. The van der Waals surface area contributed by atoms with Crippen LogP contribution in [0.4, 0.5) is 0 Å². The second-order valence-electron chi connectivity index (χ2n) is 4.91. The first-order chi connectivity index (χ1) is 10.7. The van der Waals surface area contributed by atoms with Gasteiger partial charge in [0.25, 0.3) is 0 Å². The van der Waals surface area contributed by atoms with Crippen molar-refractivity contribution in [3.05, 3.63) is 65.0 Å². The smallest absolute Gasteiger partial charge is 0.134 e. The van der Waals surface area contributed by atoms with Gasteiger partial charge < -0.3 is 0 Å². The lowest BCUT2D eigenvalue weighted by molar-refractivity contribution is 0.990. The van der Waals surface area contributed by atoms with Crippen LogP contribution < -0.4 is 0 Å². The lowest BCUT2D eigenvalue weighted by Crippen LogP contribution is -1.88. The summed E-state index contributed by atoms with van der Waals surface area (Å²) in [7, 11) is 0. The van der Waals surface area contributed by atoms with Crippen LogP contribution in [0, 0.1) is 0 Å². The molecule has 0 fully saturated rings. The molecule has 2 aromatic carbocycles. The summed E-state index contributed by atoms with van der Waals surface area (Å²) in [4.78, 5) is 1.95. The Labute approximate surface area is 142 Å². The van der Waals surface area contributed by atoms with Gasteiger partial charge in [-0.15, -0.1) is 24.0 Å². The maximum Gasteiger partial charge on any atom is 0.134 e. The van der Waals surface area contributed by atoms with Crippen molar-refractivity contribution in [3.63, 3.8) is 0 Å². The van der Waals surface area contributed by atoms with Crippen molar-refractivity contribution in [3.8, 4) is 22.5 Å². The fourth-order valence-electron chi connectivity index (χ4n) is 2.43. The fourth-order valence-corrected chi connectivity index (χ4v) is 3.89. The highest BCUT2D eigenvalue weighted by Crippen LogP contribution is 2.36. The summed E-state index contributed by atoms with van der Waals surface area (Å²) >= 11 is 12.3. The lowest BCUT2D eigenvalue weighted by Gasteiger charge is -1.99. The topological polar surface area (TPSA) is 17.3 Å². The van der Waals surface area contributed by atoms with E-state index in [1.165, 1.54) is 0 Å². The lowest BCUT2D eigenvalue weighted by atomic mass is 10.2. The summed E-state index contributed by atoms with van der Waals surface area (Å²) in [6.45, 7) is 0. The van der Waals surface area contributed by atoms with E-state index in [-0.39, 0.29) is 0 Å². The Kier molecular flexibility index (Phi) is 3.45. The molecule has 22 heavy (non-hydrogen) atoms. The largest absolute Gasteiger partial charge is 0.220 e. The van der Waals surface area contributed by atoms with Crippen molar-refractivity contribution in [2.75, 3.05) is 0 Å². The van der Waals surface area contributed by atoms with Crippen LogP contribution in [-0.2, 0) is 0 Å². The Morgan fingerprint density at radius 1 is 0.955 bits per heavy atom. The molecule has 0 spiro atoms. The zero-order chi connectivity index (χ0) is 15.1. The molecule has 0 atom stereocenters. The molecular weight excluding hydrogens is 332 g/mol. The molecule has 0 unspecified atom stereocenters. The van der Waals surface area contributed by atoms with Gasteiger partial charge in [-0.3, -0.25) is 0 Å². The zero-order valence-electron chi connectivity index (χ0n) is 11.4. The van der Waals surface area contributed by atoms with E-state index >= 15 is 0 Å². The van der Waals surface area contributed by atoms with E-state index in [2.05, 4.69) is 30.1 Å². The third-order valence-electron chi connectivity index (χ3n) is 3.52. The average molecular weight is 343 g/mol. The number of aromatic nitrogens is 2. The first kappa shape index (κ1) is 13.9. The molecule has 0 bridgehead atoms. The number of hydrogen-bond donors (Lipinski definition) is 1. The minimum atomic E-state index is 0.718. The Bertz CT molecular complexity index is 940. The summed E-state index contributed by atoms with van der Waals surface area (Å²) in [5.74, 6) is 0. The van der Waals surface area contributed by atoms with Gasteiger partial charge in [0.15, 0.2) is 0 Å². The van der Waals surface area contributed by atoms with E-state index in [1.807, 2.05) is 47.0 Å². The van der Waals surface area contributed by atoms with Crippen molar-refractivity contribution in [1.82, 2.24) is 9.61 Å². The van der Waals surface area contributed by atoms with E-state index in [0.29, 0.717) is 0 Å². The SMILES string of the molecule is Sc1c(-c2ccc(Cl)cc2)nn2c(-c3ccccc3)csc12. The number of halogens is 1. The molecule has 2 aromatic heterocycles. The number of nitrogens with zero attached hydrogens (tertiary/aromatic N) is 2. The predicted molar refractivity (Wildman–Crippen MR) is 96.2 cm³/mol. The molecule has 0 amide bonds. The molecule has 108 valence electrons. The summed E-state index contributed by atoms with van der Waals surface area (Å²) in [6.07, 6.45) is 0. The quantitative estimate of drug-likeness (QED) is 0.464. The van der Waals surface area contributed by atoms with Gasteiger partial charge >= 0.3 is 0 Å². The van der Waals surface area contributed by atoms with Crippen LogP contribution in [0.15, 0.2) is 64.9 Å². The number of thiazole rings is 1. The monoisotopic (exact) mass is 342 g/mol. The predicted octanol–water partition coefficient (Wildman–Crippen LogP) is 5.67. The van der Waals surface area contributed by atoms with Crippen LogP contribution in [0.5, 0.6) is 0 Å². The van der Waals surface area contributed by atoms with Crippen molar-refractivity contribution in [1.29, 1.82) is 0 Å². The normalized spacial score (nSPS) is 11.2. The third kappa shape index (κ3) is 2.24. The zero-order valence-corrected chi connectivity index (χ0v) is 13.9. The Morgan fingerprint density at radius 2 is 1.68 bits per heavy atom. The number of fused-ring (bicyclic) bond motifs is 1. The average Bonchev–Trinajstić information content (AvgIpc) is 3.10. The van der Waals surface area contributed by atoms with Gasteiger partial charge in [0, 0.05) is 21.5 Å². The van der Waals surface area contributed by atoms with Crippen molar-refractivity contribution in [2.24, 2.45) is 0 Å². The van der Waals surface area contributed by atoms with Crippen LogP contribution in [0.25, 0.3) is 27.3 Å². The maximum atomic E-state index is 5.96. The second-order valence-corrected chi connectivity index (χ2v) is 6.65. The Hall–Kier alpha value is -1.75. The van der Waals surface area contributed by atoms with Gasteiger partial charge in [-0.05, 0) is 12.1 Å². The molecule has 0 saturated heterocycles. The molecule has 0 aliphatic heterocycles. The Morgan fingerprint density at radius 3 is 2.41 bits per heavy atom. The van der Waals surface area contributed by atoms with Crippen LogP contribution in [0.3, 0.4) is 0 Å². The molecule has 2 heterocycles. The molecule has 0 saturated carbocycles. The number of thiol groups is 1. The second kappa shape index (κ2) is 5.47. The molecule has 0 aliphatic rings. The number of rotatable bonds is 2. The highest BCUT2D eigenvalue weighted by Gasteiger charge is 2.16. The first-order valence-electron chi connectivity index (χ1n) is 6.74. The summed E-state index contributed by atoms with van der Waals surface area (Å²) < 4.78 is 1.96. The summed E-state index contributed by atoms with van der Waals surface area (Å²) in [6, 6.07) is 17.9. The Balaban J connectivity index is 1.91. The van der Waals surface area contributed by atoms with Gasteiger partial charge in [-0.25, -0.2) is 4.52 Å². The van der Waals surface area contributed by atoms with Gasteiger partial charge in [0.2, 0.25) is 0 Å². The maximum absolute atomic E-state index is 5.96. The molecule has 2 nitrogen and oxygen atoms in total. The van der Waals surface area contributed by atoms with E-state index in [4.69, 9.17) is 16.7 Å². The van der Waals surface area contributed by atoms with Crippen LogP contribution >= 0.6 is 35.6 Å². The van der Waals surface area contributed by atoms with E-state index in [0.717, 1.165) is 37.3 Å². The molecule has 5 heteroatoms. The molecular formula is C17H11ClN2S2. The van der Waals surface area contributed by atoms with Gasteiger partial charge in [-0.1, -0.05) is 54.1 Å². The van der Waals surface area contributed by atoms with Crippen molar-refractivity contribution < 1.29 is 0 Å². The molecule has 4 aromatic rings. The summed E-state index contributed by atoms with van der Waals surface area (Å²) in [5, 5.41) is 7.59. The van der Waals surface area contributed by atoms with Crippen LogP contribution in [0.1, 0.15) is 0 Å². The minimum Gasteiger partial charge on any atom is -0.220 e. The first-order valence-corrected chi connectivity index (χ1v) is 8.45. The standard InChI is InChI=1S/C17H11ClN2S2/c18-13-8-6-12(7-9-13)15-16(21)17-20(19-15)14(10-22-17)11-4-2-1-3-5-11/h1-10,21H. The highest BCUT2D eigenvalue weighted by atomic mass is 35.5. The van der Waals surface area contributed by atoms with E-state index < -0.39 is 0 Å². The molecule has 0 aliphatic carbocycles.